The minimum absolute atomic E-state index is 0.144. The summed E-state index contributed by atoms with van der Waals surface area (Å²) in [6.45, 7) is 7.04. The Bertz CT molecular complexity index is 290. The van der Waals surface area contributed by atoms with Gasteiger partial charge in [0.05, 0.1) is 6.61 Å². The molecule has 0 amide bonds. The topological polar surface area (TPSA) is 77.4 Å². The van der Waals surface area contributed by atoms with E-state index in [-0.39, 0.29) is 6.61 Å². The third kappa shape index (κ3) is 2.78. The highest BCUT2D eigenvalue weighted by Gasteiger charge is 2.50. The van der Waals surface area contributed by atoms with E-state index in [4.69, 9.17) is 18.9 Å². The molecule has 2 aliphatic rings. The van der Waals surface area contributed by atoms with Crippen molar-refractivity contribution in [3.8, 4) is 0 Å². The average molecular weight is 248 g/mol. The summed E-state index contributed by atoms with van der Waals surface area (Å²) in [4.78, 5) is 0. The quantitative estimate of drug-likeness (QED) is 0.678. The molecule has 0 aromatic heterocycles. The van der Waals surface area contributed by atoms with Gasteiger partial charge in [0.2, 0.25) is 0 Å². The lowest BCUT2D eigenvalue weighted by atomic mass is 10.1. The highest BCUT2D eigenvalue weighted by molar-refractivity contribution is 4.89. The van der Waals surface area contributed by atoms with Gasteiger partial charge < -0.3 is 29.2 Å². The van der Waals surface area contributed by atoms with Gasteiger partial charge >= 0.3 is 0 Å². The van der Waals surface area contributed by atoms with Gasteiger partial charge in [0, 0.05) is 0 Å². The van der Waals surface area contributed by atoms with Gasteiger partial charge in [0.15, 0.2) is 17.9 Å². The Morgan fingerprint density at radius 1 is 0.882 bits per heavy atom. The highest BCUT2D eigenvalue weighted by atomic mass is 16.8. The normalized spacial score (nSPS) is 44.8. The van der Waals surface area contributed by atoms with E-state index in [1.165, 1.54) is 0 Å². The Morgan fingerprint density at radius 2 is 1.47 bits per heavy atom. The van der Waals surface area contributed by atoms with Crippen molar-refractivity contribution in [2.45, 2.75) is 63.9 Å². The summed E-state index contributed by atoms with van der Waals surface area (Å²) in [6.07, 6.45) is -3.35. The predicted octanol–water partition coefficient (Wildman–Crippen LogP) is -0.0313. The van der Waals surface area contributed by atoms with Crippen LogP contribution in [0.1, 0.15) is 27.7 Å². The van der Waals surface area contributed by atoms with Crippen LogP contribution in [0.4, 0.5) is 0 Å². The molecule has 4 atom stereocenters. The van der Waals surface area contributed by atoms with Crippen LogP contribution in [0.2, 0.25) is 0 Å². The fourth-order valence-corrected chi connectivity index (χ4v) is 2.11. The lowest BCUT2D eigenvalue weighted by molar-refractivity contribution is -0.325. The molecule has 0 saturated carbocycles. The van der Waals surface area contributed by atoms with Gasteiger partial charge in [0.1, 0.15) is 18.3 Å². The molecule has 2 rings (SSSR count). The second-order valence-electron chi connectivity index (χ2n) is 5.35. The Balaban J connectivity index is 2.10. The van der Waals surface area contributed by atoms with E-state index >= 15 is 0 Å². The number of rotatable bonds is 1. The third-order valence-electron chi connectivity index (χ3n) is 2.83. The molecule has 6 nitrogen and oxygen atoms in total. The summed E-state index contributed by atoms with van der Waals surface area (Å²) in [5.41, 5.74) is 0. The molecule has 2 saturated heterocycles. The first-order valence-corrected chi connectivity index (χ1v) is 5.74. The van der Waals surface area contributed by atoms with Crippen molar-refractivity contribution in [3.05, 3.63) is 0 Å². The van der Waals surface area contributed by atoms with Crippen molar-refractivity contribution in [2.75, 3.05) is 6.61 Å². The number of aliphatic hydroxyl groups is 2. The maximum atomic E-state index is 9.85. The number of aliphatic hydroxyl groups excluding tert-OH is 2. The summed E-state index contributed by atoms with van der Waals surface area (Å²) < 4.78 is 21.7. The van der Waals surface area contributed by atoms with Gasteiger partial charge in [0.25, 0.3) is 0 Å². The van der Waals surface area contributed by atoms with Crippen molar-refractivity contribution in [2.24, 2.45) is 0 Å². The fraction of sp³-hybridized carbons (Fsp3) is 1.00. The molecule has 0 bridgehead atoms. The zero-order chi connectivity index (χ0) is 12.8. The lowest BCUT2D eigenvalue weighted by Gasteiger charge is -2.41. The minimum Gasteiger partial charge on any atom is -0.388 e. The molecule has 6 heteroatoms. The molecule has 2 heterocycles. The second-order valence-corrected chi connectivity index (χ2v) is 5.35. The summed E-state index contributed by atoms with van der Waals surface area (Å²) in [6, 6.07) is 0. The first-order chi connectivity index (χ1) is 7.70. The highest BCUT2D eigenvalue weighted by Crippen LogP contribution is 2.34. The molecular formula is C11H20O6. The van der Waals surface area contributed by atoms with Crippen molar-refractivity contribution in [1.29, 1.82) is 0 Å². The number of hydrogen-bond donors (Lipinski definition) is 2. The van der Waals surface area contributed by atoms with Gasteiger partial charge in [-0.3, -0.25) is 0 Å². The Labute approximate surface area is 100 Å². The van der Waals surface area contributed by atoms with E-state index in [0.29, 0.717) is 0 Å². The van der Waals surface area contributed by atoms with Crippen LogP contribution in [0, 0.1) is 0 Å². The average Bonchev–Trinajstić information content (AvgIpc) is 2.44. The van der Waals surface area contributed by atoms with Crippen LogP contribution in [0.3, 0.4) is 0 Å². The van der Waals surface area contributed by atoms with Crippen molar-refractivity contribution >= 4 is 0 Å². The minimum atomic E-state index is -1.11. The molecule has 0 radical (unpaired) electrons. The van der Waals surface area contributed by atoms with Crippen LogP contribution in [-0.4, -0.2) is 53.0 Å². The van der Waals surface area contributed by atoms with E-state index in [0.717, 1.165) is 0 Å². The monoisotopic (exact) mass is 248 g/mol. The van der Waals surface area contributed by atoms with Crippen LogP contribution in [0.15, 0.2) is 0 Å². The number of ether oxygens (including phenoxy) is 4. The maximum absolute atomic E-state index is 9.85. The SMILES string of the molecule is CC1(C)OCC(O)[C@H](C2OC(C)(C)O[C@H]2O)O1. The zero-order valence-electron chi connectivity index (χ0n) is 10.5. The molecule has 0 spiro atoms. The van der Waals surface area contributed by atoms with Crippen LogP contribution < -0.4 is 0 Å². The van der Waals surface area contributed by atoms with Gasteiger partial charge in [-0.1, -0.05) is 0 Å². The molecule has 2 aliphatic heterocycles. The molecular weight excluding hydrogens is 228 g/mol. The Kier molecular flexibility index (Phi) is 3.22. The van der Waals surface area contributed by atoms with Crippen LogP contribution in [-0.2, 0) is 18.9 Å². The van der Waals surface area contributed by atoms with Crippen molar-refractivity contribution < 1.29 is 29.2 Å². The van der Waals surface area contributed by atoms with Crippen LogP contribution in [0.25, 0.3) is 0 Å². The largest absolute Gasteiger partial charge is 0.388 e. The fourth-order valence-electron chi connectivity index (χ4n) is 2.11. The molecule has 2 N–H and O–H groups in total. The maximum Gasteiger partial charge on any atom is 0.187 e. The van der Waals surface area contributed by atoms with Crippen LogP contribution >= 0.6 is 0 Å². The Morgan fingerprint density at radius 3 is 2.00 bits per heavy atom. The summed E-state index contributed by atoms with van der Waals surface area (Å²) in [5, 5.41) is 19.6. The summed E-state index contributed by atoms with van der Waals surface area (Å²) >= 11 is 0. The van der Waals surface area contributed by atoms with E-state index in [1.54, 1.807) is 27.7 Å². The third-order valence-corrected chi connectivity index (χ3v) is 2.83. The summed E-state index contributed by atoms with van der Waals surface area (Å²) in [7, 11) is 0. The van der Waals surface area contributed by atoms with Gasteiger partial charge in [-0.25, -0.2) is 0 Å². The first-order valence-electron chi connectivity index (χ1n) is 5.74. The van der Waals surface area contributed by atoms with Gasteiger partial charge in [-0.2, -0.15) is 0 Å². The number of hydrogen-bond acceptors (Lipinski definition) is 6. The van der Waals surface area contributed by atoms with Crippen molar-refractivity contribution in [1.82, 2.24) is 0 Å². The van der Waals surface area contributed by atoms with Gasteiger partial charge in [-0.05, 0) is 27.7 Å². The Hall–Kier alpha value is -0.240. The summed E-state index contributed by atoms with van der Waals surface area (Å²) in [5.74, 6) is -1.69. The van der Waals surface area contributed by atoms with E-state index in [1.807, 2.05) is 0 Å². The van der Waals surface area contributed by atoms with E-state index < -0.39 is 36.2 Å². The molecule has 0 aliphatic carbocycles. The molecule has 2 fully saturated rings. The smallest absolute Gasteiger partial charge is 0.187 e. The van der Waals surface area contributed by atoms with E-state index in [2.05, 4.69) is 0 Å². The predicted molar refractivity (Wildman–Crippen MR) is 57.0 cm³/mol. The van der Waals surface area contributed by atoms with Gasteiger partial charge in [-0.15, -0.1) is 0 Å². The molecule has 2 unspecified atom stereocenters. The standard InChI is InChI=1S/C11H20O6/c1-10(2)14-5-6(12)7(15-10)8-9(13)17-11(3,4)16-8/h6-9,12-13H,5H2,1-4H3/t6?,7-,8?,9-/m1/s1. The van der Waals surface area contributed by atoms with E-state index in [9.17, 15) is 10.2 Å². The molecule has 0 aromatic carbocycles. The first kappa shape index (κ1) is 13.2. The molecule has 17 heavy (non-hydrogen) atoms. The lowest BCUT2D eigenvalue weighted by Crippen LogP contribution is -2.55. The van der Waals surface area contributed by atoms with Crippen molar-refractivity contribution in [3.63, 3.8) is 0 Å². The zero-order valence-corrected chi connectivity index (χ0v) is 10.5. The molecule has 0 aromatic rings. The molecule has 100 valence electrons. The van der Waals surface area contributed by atoms with Crippen LogP contribution in [0.5, 0.6) is 0 Å². The second kappa shape index (κ2) is 4.15.